The lowest BCUT2D eigenvalue weighted by atomic mass is 9.78. The molecule has 0 spiro atoms. The lowest BCUT2D eigenvalue weighted by Crippen LogP contribution is -2.68. The fourth-order valence-electron chi connectivity index (χ4n) is 3.73. The van der Waals surface area contributed by atoms with Crippen LogP contribution in [0.25, 0.3) is 0 Å². The maximum Gasteiger partial charge on any atom is 0.333 e. The summed E-state index contributed by atoms with van der Waals surface area (Å²) in [6, 6.07) is -0.512. The highest BCUT2D eigenvalue weighted by atomic mass is 16.2. The minimum atomic E-state index is -1.14. The average molecular weight is 309 g/mol. The summed E-state index contributed by atoms with van der Waals surface area (Å²) in [6.07, 6.45) is 5.32. The zero-order valence-corrected chi connectivity index (χ0v) is 14.1. The third-order valence-electron chi connectivity index (χ3n) is 4.96. The molecule has 0 aromatic heterocycles. The molecule has 124 valence electrons. The van der Waals surface area contributed by atoms with E-state index in [4.69, 9.17) is 0 Å². The highest BCUT2D eigenvalue weighted by Crippen LogP contribution is 2.36. The van der Waals surface area contributed by atoms with Crippen molar-refractivity contribution in [3.05, 3.63) is 0 Å². The highest BCUT2D eigenvalue weighted by molar-refractivity contribution is 6.19. The van der Waals surface area contributed by atoms with Crippen molar-refractivity contribution in [2.75, 3.05) is 27.7 Å². The summed E-state index contributed by atoms with van der Waals surface area (Å²) in [4.78, 5) is 42.7. The van der Waals surface area contributed by atoms with Crippen LogP contribution in [-0.4, -0.2) is 66.3 Å². The second-order valence-electron chi connectivity index (χ2n) is 6.79. The fraction of sp³-hybridized carbons (Fsp3) is 0.812. The standard InChI is InChI=1S/C16H27N3O3/c1-5-16(11-17(2)3)13(20)18(4)15(22)19(14(16)21)12-9-7-6-8-10-12/h12H,5-11H2,1-4H3/t16-/m0/s1. The van der Waals surface area contributed by atoms with Gasteiger partial charge in [0.2, 0.25) is 11.8 Å². The molecule has 1 saturated carbocycles. The molecular formula is C16H27N3O3. The highest BCUT2D eigenvalue weighted by Gasteiger charge is 2.56. The van der Waals surface area contributed by atoms with Gasteiger partial charge in [0.25, 0.3) is 0 Å². The van der Waals surface area contributed by atoms with E-state index >= 15 is 0 Å². The molecule has 6 nitrogen and oxygen atoms in total. The van der Waals surface area contributed by atoms with Crippen molar-refractivity contribution in [1.29, 1.82) is 0 Å². The molecule has 0 bridgehead atoms. The van der Waals surface area contributed by atoms with Crippen molar-refractivity contribution in [1.82, 2.24) is 14.7 Å². The lowest BCUT2D eigenvalue weighted by molar-refractivity contribution is -0.161. The van der Waals surface area contributed by atoms with Crippen molar-refractivity contribution < 1.29 is 14.4 Å². The molecule has 1 saturated heterocycles. The number of imide groups is 2. The van der Waals surface area contributed by atoms with Gasteiger partial charge < -0.3 is 4.90 Å². The molecule has 2 rings (SSSR count). The van der Waals surface area contributed by atoms with Crippen LogP contribution in [0.4, 0.5) is 4.79 Å². The number of hydrogen-bond acceptors (Lipinski definition) is 4. The number of barbiturate groups is 1. The Balaban J connectivity index is 2.39. The number of urea groups is 1. The molecule has 2 aliphatic rings. The molecule has 0 radical (unpaired) electrons. The van der Waals surface area contributed by atoms with Gasteiger partial charge in [0.05, 0.1) is 0 Å². The van der Waals surface area contributed by atoms with Crippen LogP contribution < -0.4 is 0 Å². The van der Waals surface area contributed by atoms with E-state index in [1.54, 1.807) is 0 Å². The van der Waals surface area contributed by atoms with Crippen molar-refractivity contribution in [2.24, 2.45) is 5.41 Å². The Morgan fingerprint density at radius 1 is 1.09 bits per heavy atom. The molecule has 22 heavy (non-hydrogen) atoms. The topological polar surface area (TPSA) is 60.9 Å². The van der Waals surface area contributed by atoms with E-state index in [2.05, 4.69) is 0 Å². The Kier molecular flexibility index (Phi) is 4.90. The quantitative estimate of drug-likeness (QED) is 0.742. The van der Waals surface area contributed by atoms with Gasteiger partial charge in [0.15, 0.2) is 0 Å². The predicted octanol–water partition coefficient (Wildman–Crippen LogP) is 1.70. The Morgan fingerprint density at radius 3 is 2.18 bits per heavy atom. The summed E-state index contributed by atoms with van der Waals surface area (Å²) in [6.45, 7) is 2.18. The van der Waals surface area contributed by atoms with Crippen molar-refractivity contribution in [3.63, 3.8) is 0 Å². The molecule has 1 heterocycles. The third-order valence-corrected chi connectivity index (χ3v) is 4.96. The second kappa shape index (κ2) is 6.36. The van der Waals surface area contributed by atoms with Gasteiger partial charge in [0, 0.05) is 19.6 Å². The van der Waals surface area contributed by atoms with E-state index in [0.717, 1.165) is 37.0 Å². The first-order valence-electron chi connectivity index (χ1n) is 8.15. The maximum absolute atomic E-state index is 13.1. The van der Waals surface area contributed by atoms with Crippen molar-refractivity contribution in [3.8, 4) is 0 Å². The molecule has 1 atom stereocenters. The van der Waals surface area contributed by atoms with Crippen LogP contribution >= 0.6 is 0 Å². The Hall–Kier alpha value is -1.43. The molecule has 0 aromatic carbocycles. The van der Waals surface area contributed by atoms with Gasteiger partial charge in [0.1, 0.15) is 5.41 Å². The van der Waals surface area contributed by atoms with E-state index < -0.39 is 11.4 Å². The van der Waals surface area contributed by atoms with Gasteiger partial charge in [-0.2, -0.15) is 0 Å². The van der Waals surface area contributed by atoms with Gasteiger partial charge >= 0.3 is 6.03 Å². The minimum absolute atomic E-state index is 0.0580. The molecule has 0 aromatic rings. The number of amides is 4. The molecule has 0 unspecified atom stereocenters. The van der Waals surface area contributed by atoms with E-state index in [1.807, 2.05) is 25.9 Å². The largest absolute Gasteiger partial charge is 0.333 e. The molecular weight excluding hydrogens is 282 g/mol. The van der Waals surface area contributed by atoms with Gasteiger partial charge in [-0.3, -0.25) is 19.4 Å². The summed E-state index contributed by atoms with van der Waals surface area (Å²) < 4.78 is 0. The van der Waals surface area contributed by atoms with Crippen LogP contribution in [0.15, 0.2) is 0 Å². The first kappa shape index (κ1) is 16.9. The van der Waals surface area contributed by atoms with Crippen LogP contribution in [0.3, 0.4) is 0 Å². The maximum atomic E-state index is 13.1. The third kappa shape index (κ3) is 2.64. The van der Waals surface area contributed by atoms with Crippen LogP contribution in [0.2, 0.25) is 0 Å². The zero-order chi connectivity index (χ0) is 16.5. The van der Waals surface area contributed by atoms with Crippen LogP contribution in [0.5, 0.6) is 0 Å². The van der Waals surface area contributed by atoms with Gasteiger partial charge in [-0.25, -0.2) is 4.79 Å². The summed E-state index contributed by atoms with van der Waals surface area (Å²) in [5.74, 6) is -0.672. The van der Waals surface area contributed by atoms with Gasteiger partial charge in [-0.15, -0.1) is 0 Å². The van der Waals surface area contributed by atoms with E-state index in [0.29, 0.717) is 13.0 Å². The number of rotatable bonds is 4. The second-order valence-corrected chi connectivity index (χ2v) is 6.79. The Morgan fingerprint density at radius 2 is 1.68 bits per heavy atom. The molecule has 1 aliphatic carbocycles. The van der Waals surface area contributed by atoms with Crippen LogP contribution in [0.1, 0.15) is 45.4 Å². The molecule has 1 aliphatic heterocycles. The van der Waals surface area contributed by atoms with Gasteiger partial charge in [-0.05, 0) is 33.4 Å². The predicted molar refractivity (Wildman–Crippen MR) is 83.2 cm³/mol. The van der Waals surface area contributed by atoms with Crippen molar-refractivity contribution in [2.45, 2.75) is 51.5 Å². The number of carbonyl (C=O) groups is 3. The Labute approximate surface area is 132 Å². The zero-order valence-electron chi connectivity index (χ0n) is 14.1. The molecule has 6 heteroatoms. The first-order valence-corrected chi connectivity index (χ1v) is 8.15. The van der Waals surface area contributed by atoms with E-state index in [9.17, 15) is 14.4 Å². The summed E-state index contributed by atoms with van der Waals surface area (Å²) in [5, 5.41) is 0. The Bertz CT molecular complexity index is 471. The summed E-state index contributed by atoms with van der Waals surface area (Å²) >= 11 is 0. The minimum Gasteiger partial charge on any atom is -0.308 e. The fourth-order valence-corrected chi connectivity index (χ4v) is 3.73. The number of nitrogens with zero attached hydrogens (tertiary/aromatic N) is 3. The summed E-state index contributed by atoms with van der Waals surface area (Å²) in [5.41, 5.74) is -1.14. The van der Waals surface area contributed by atoms with E-state index in [1.165, 1.54) is 11.9 Å². The monoisotopic (exact) mass is 309 g/mol. The van der Waals surface area contributed by atoms with Crippen LogP contribution in [-0.2, 0) is 9.59 Å². The van der Waals surface area contributed by atoms with Crippen molar-refractivity contribution >= 4 is 17.8 Å². The first-order chi connectivity index (χ1) is 10.3. The molecule has 0 N–H and O–H groups in total. The summed E-state index contributed by atoms with van der Waals surface area (Å²) in [7, 11) is 5.19. The number of carbonyl (C=O) groups excluding carboxylic acids is 3. The molecule has 2 fully saturated rings. The number of hydrogen-bond donors (Lipinski definition) is 0. The average Bonchev–Trinajstić information content (AvgIpc) is 2.50. The molecule has 4 amide bonds. The SMILES string of the molecule is CC[C@]1(CN(C)C)C(=O)N(C)C(=O)N(C2CCCCC2)C1=O. The smallest absolute Gasteiger partial charge is 0.308 e. The van der Waals surface area contributed by atoms with Crippen LogP contribution in [0, 0.1) is 5.41 Å². The normalized spacial score (nSPS) is 28.0. The van der Waals surface area contributed by atoms with E-state index in [-0.39, 0.29) is 17.9 Å². The lowest BCUT2D eigenvalue weighted by Gasteiger charge is -2.46. The van der Waals surface area contributed by atoms with Gasteiger partial charge in [-0.1, -0.05) is 26.2 Å².